The van der Waals surface area contributed by atoms with E-state index in [9.17, 15) is 0 Å². The molecule has 0 aliphatic rings. The molecule has 0 fully saturated rings. The summed E-state index contributed by atoms with van der Waals surface area (Å²) >= 11 is 6.32. The molecule has 0 aromatic carbocycles. The van der Waals surface area contributed by atoms with E-state index in [1.54, 1.807) is 6.19 Å². The topological polar surface area (TPSA) is 35.8 Å². The van der Waals surface area contributed by atoms with Gasteiger partial charge in [0.05, 0.1) is 0 Å². The van der Waals surface area contributed by atoms with Crippen LogP contribution in [0.2, 0.25) is 0 Å². The minimum atomic E-state index is 0.580. The molecule has 0 atom stereocenters. The lowest BCUT2D eigenvalue weighted by atomic mass is 10.4. The molecule has 0 heterocycles. The lowest BCUT2D eigenvalue weighted by molar-refractivity contribution is 0.898. The fourth-order valence-electron chi connectivity index (χ4n) is 0.391. The molecule has 0 aliphatic heterocycles. The summed E-state index contributed by atoms with van der Waals surface area (Å²) in [7, 11) is 0. The molecule has 0 aliphatic carbocycles. The summed E-state index contributed by atoms with van der Waals surface area (Å²) in [6.45, 7) is 2.13. The van der Waals surface area contributed by atoms with E-state index in [2.05, 4.69) is 12.2 Å². The molecular weight excluding hydrogens is 164 g/mol. The first kappa shape index (κ1) is 9.73. The lowest BCUT2D eigenvalue weighted by Gasteiger charge is -1.97. The minimum absolute atomic E-state index is 0.580. The highest BCUT2D eigenvalue weighted by molar-refractivity contribution is 8.22. The molecule has 0 rings (SSSR count). The Kier molecular flexibility index (Phi) is 6.66. The smallest absolute Gasteiger partial charge is 0.182 e. The fourth-order valence-corrected chi connectivity index (χ4v) is 1.42. The second-order valence-corrected chi connectivity index (χ2v) is 3.50. The third-order valence-corrected chi connectivity index (χ3v) is 2.20. The van der Waals surface area contributed by atoms with Gasteiger partial charge in [0.25, 0.3) is 0 Å². The Morgan fingerprint density at radius 3 is 3.00 bits per heavy atom. The van der Waals surface area contributed by atoms with E-state index in [4.69, 9.17) is 17.5 Å². The summed E-state index contributed by atoms with van der Waals surface area (Å²) < 4.78 is 0.580. The molecule has 0 aromatic heterocycles. The predicted molar refractivity (Wildman–Crippen MR) is 48.7 cm³/mol. The van der Waals surface area contributed by atoms with Gasteiger partial charge in [0.2, 0.25) is 0 Å². The van der Waals surface area contributed by atoms with E-state index in [1.165, 1.54) is 18.2 Å². The SMILES string of the molecule is CCCCSC(=S)NC#N. The largest absolute Gasteiger partial charge is 0.278 e. The molecule has 0 aromatic rings. The van der Waals surface area contributed by atoms with Gasteiger partial charge in [0.15, 0.2) is 6.19 Å². The third-order valence-electron chi connectivity index (χ3n) is 0.889. The van der Waals surface area contributed by atoms with Gasteiger partial charge in [0, 0.05) is 5.75 Å². The average molecular weight is 174 g/mol. The van der Waals surface area contributed by atoms with E-state index in [-0.39, 0.29) is 0 Å². The van der Waals surface area contributed by atoms with E-state index in [0.29, 0.717) is 4.32 Å². The highest BCUT2D eigenvalue weighted by Gasteiger charge is 1.92. The molecule has 0 saturated carbocycles. The van der Waals surface area contributed by atoms with Crippen LogP contribution in [-0.2, 0) is 0 Å². The molecule has 0 radical (unpaired) electrons. The summed E-state index contributed by atoms with van der Waals surface area (Å²) in [6.07, 6.45) is 4.10. The highest BCUT2D eigenvalue weighted by Crippen LogP contribution is 2.04. The zero-order valence-electron chi connectivity index (χ0n) is 5.89. The van der Waals surface area contributed by atoms with Gasteiger partial charge in [0.1, 0.15) is 4.32 Å². The van der Waals surface area contributed by atoms with Crippen molar-refractivity contribution in [2.75, 3.05) is 5.75 Å². The van der Waals surface area contributed by atoms with Gasteiger partial charge in [-0.15, -0.1) is 0 Å². The molecule has 0 spiro atoms. The molecule has 0 unspecified atom stereocenters. The molecule has 0 saturated heterocycles. The summed E-state index contributed by atoms with van der Waals surface area (Å²) in [5.74, 6) is 1.00. The van der Waals surface area contributed by atoms with Crippen molar-refractivity contribution in [3.63, 3.8) is 0 Å². The number of unbranched alkanes of at least 4 members (excludes halogenated alkanes) is 1. The van der Waals surface area contributed by atoms with Crippen molar-refractivity contribution in [3.8, 4) is 6.19 Å². The first-order valence-corrected chi connectivity index (χ1v) is 4.52. The number of rotatable bonds is 3. The van der Waals surface area contributed by atoms with Gasteiger partial charge >= 0.3 is 0 Å². The van der Waals surface area contributed by atoms with Gasteiger partial charge in [-0.05, 0) is 6.42 Å². The summed E-state index contributed by atoms with van der Waals surface area (Å²) in [4.78, 5) is 0. The zero-order chi connectivity index (χ0) is 7.82. The number of nitriles is 1. The second kappa shape index (κ2) is 6.84. The molecule has 4 heteroatoms. The van der Waals surface area contributed by atoms with Crippen molar-refractivity contribution in [2.45, 2.75) is 19.8 Å². The van der Waals surface area contributed by atoms with Crippen molar-refractivity contribution in [3.05, 3.63) is 0 Å². The van der Waals surface area contributed by atoms with Crippen LogP contribution in [0.3, 0.4) is 0 Å². The van der Waals surface area contributed by atoms with Crippen molar-refractivity contribution in [2.24, 2.45) is 0 Å². The van der Waals surface area contributed by atoms with Crippen LogP contribution in [0.1, 0.15) is 19.8 Å². The maximum atomic E-state index is 8.13. The van der Waals surface area contributed by atoms with Crippen LogP contribution in [0.25, 0.3) is 0 Å². The number of nitrogens with one attached hydrogen (secondary N) is 1. The maximum Gasteiger partial charge on any atom is 0.182 e. The summed E-state index contributed by atoms with van der Waals surface area (Å²) in [5, 5.41) is 10.5. The van der Waals surface area contributed by atoms with Crippen LogP contribution in [0.4, 0.5) is 0 Å². The van der Waals surface area contributed by atoms with Crippen molar-refractivity contribution in [1.29, 1.82) is 5.26 Å². The van der Waals surface area contributed by atoms with E-state index in [0.717, 1.165) is 12.2 Å². The predicted octanol–water partition coefficient (Wildman–Crippen LogP) is 1.88. The molecule has 2 nitrogen and oxygen atoms in total. The van der Waals surface area contributed by atoms with Gasteiger partial charge in [-0.25, -0.2) is 0 Å². The number of thiocarbonyl (C=S) groups is 1. The van der Waals surface area contributed by atoms with Crippen LogP contribution in [0.15, 0.2) is 0 Å². The van der Waals surface area contributed by atoms with Crippen LogP contribution in [0.5, 0.6) is 0 Å². The highest BCUT2D eigenvalue weighted by atomic mass is 32.2. The van der Waals surface area contributed by atoms with Crippen LogP contribution >= 0.6 is 24.0 Å². The van der Waals surface area contributed by atoms with Crippen LogP contribution in [0, 0.1) is 11.5 Å². The Morgan fingerprint density at radius 2 is 2.50 bits per heavy atom. The van der Waals surface area contributed by atoms with Crippen LogP contribution in [-0.4, -0.2) is 10.1 Å². The van der Waals surface area contributed by atoms with Gasteiger partial charge < -0.3 is 0 Å². The minimum Gasteiger partial charge on any atom is -0.278 e. The third kappa shape index (κ3) is 5.86. The summed E-state index contributed by atoms with van der Waals surface area (Å²) in [5.41, 5.74) is 0. The van der Waals surface area contributed by atoms with Gasteiger partial charge in [-0.2, -0.15) is 5.26 Å². The number of nitrogens with zero attached hydrogens (tertiary/aromatic N) is 1. The second-order valence-electron chi connectivity index (χ2n) is 1.73. The Balaban J connectivity index is 3.15. The van der Waals surface area contributed by atoms with Crippen molar-refractivity contribution in [1.82, 2.24) is 5.32 Å². The van der Waals surface area contributed by atoms with Gasteiger partial charge in [-0.1, -0.05) is 37.3 Å². The van der Waals surface area contributed by atoms with E-state index >= 15 is 0 Å². The molecule has 0 bridgehead atoms. The molecule has 0 amide bonds. The zero-order valence-corrected chi connectivity index (χ0v) is 7.52. The molecule has 1 N–H and O–H groups in total. The van der Waals surface area contributed by atoms with E-state index < -0.39 is 0 Å². The number of thioether (sulfide) groups is 1. The lowest BCUT2D eigenvalue weighted by Crippen LogP contribution is -2.10. The Hall–Kier alpha value is -0.270. The first-order valence-electron chi connectivity index (χ1n) is 3.13. The Bertz CT molecular complexity index is 139. The normalized spacial score (nSPS) is 8.40. The Morgan fingerprint density at radius 1 is 1.80 bits per heavy atom. The molecular formula is C6H10N2S2. The summed E-state index contributed by atoms with van der Waals surface area (Å²) in [6, 6.07) is 0. The van der Waals surface area contributed by atoms with Gasteiger partial charge in [-0.3, -0.25) is 5.32 Å². The standard InChI is InChI=1S/C6H10N2S2/c1-2-3-4-10-6(9)8-5-7/h2-4H2,1H3,(H,8,9). The maximum absolute atomic E-state index is 8.13. The quantitative estimate of drug-likeness (QED) is 0.307. The Labute approximate surface area is 71.0 Å². The van der Waals surface area contributed by atoms with Crippen molar-refractivity contribution < 1.29 is 0 Å². The first-order chi connectivity index (χ1) is 4.81. The number of hydrogen-bond donors (Lipinski definition) is 1. The van der Waals surface area contributed by atoms with Crippen LogP contribution < -0.4 is 5.32 Å². The van der Waals surface area contributed by atoms with Crippen molar-refractivity contribution >= 4 is 28.3 Å². The monoisotopic (exact) mass is 174 g/mol. The fraction of sp³-hybridized carbons (Fsp3) is 0.667. The van der Waals surface area contributed by atoms with E-state index in [1.807, 2.05) is 0 Å². The number of hydrogen-bond acceptors (Lipinski definition) is 3. The average Bonchev–Trinajstić information content (AvgIpc) is 1.89. The molecule has 56 valence electrons. The molecule has 10 heavy (non-hydrogen) atoms.